The molecule has 0 radical (unpaired) electrons. The first-order valence-electron chi connectivity index (χ1n) is 9.01. The fraction of sp³-hybridized carbons (Fsp3) is 0.550. The van der Waals surface area contributed by atoms with Crippen LogP contribution in [-0.4, -0.2) is 43.2 Å². The number of ether oxygens (including phenoxy) is 1. The van der Waals surface area contributed by atoms with Gasteiger partial charge in [0.25, 0.3) is 0 Å². The molecule has 124 valence electrons. The van der Waals surface area contributed by atoms with E-state index in [0.717, 1.165) is 30.8 Å². The Labute approximate surface area is 141 Å². The van der Waals surface area contributed by atoms with Crippen molar-refractivity contribution in [3.63, 3.8) is 0 Å². The van der Waals surface area contributed by atoms with E-state index in [1.807, 2.05) is 12.1 Å². The van der Waals surface area contributed by atoms with Gasteiger partial charge in [0.1, 0.15) is 5.41 Å². The predicted molar refractivity (Wildman–Crippen MR) is 90.6 cm³/mol. The molecule has 2 saturated carbocycles. The molecule has 4 heteroatoms. The van der Waals surface area contributed by atoms with Crippen LogP contribution < -0.4 is 5.32 Å². The van der Waals surface area contributed by atoms with E-state index in [0.29, 0.717) is 17.9 Å². The number of benzene rings is 1. The maximum absolute atomic E-state index is 13.4. The fourth-order valence-corrected chi connectivity index (χ4v) is 7.38. The summed E-state index contributed by atoms with van der Waals surface area (Å²) in [6, 6.07) is 8.64. The van der Waals surface area contributed by atoms with Gasteiger partial charge in [-0.15, -0.1) is 6.58 Å². The molecular weight excluding hydrogens is 300 g/mol. The summed E-state index contributed by atoms with van der Waals surface area (Å²) in [7, 11) is 2.21. The molecule has 2 saturated heterocycles. The number of para-hydroxylation sites is 1. The van der Waals surface area contributed by atoms with Crippen molar-refractivity contribution in [1.29, 1.82) is 0 Å². The van der Waals surface area contributed by atoms with Gasteiger partial charge in [0.2, 0.25) is 5.91 Å². The van der Waals surface area contributed by atoms with Gasteiger partial charge in [-0.05, 0) is 31.0 Å². The summed E-state index contributed by atoms with van der Waals surface area (Å²) in [5.74, 6) is 1.56. The molecule has 3 heterocycles. The van der Waals surface area contributed by atoms with Crippen LogP contribution >= 0.6 is 0 Å². The van der Waals surface area contributed by atoms with Gasteiger partial charge >= 0.3 is 0 Å². The molecular formula is C20H22N2O2. The maximum Gasteiger partial charge on any atom is 0.238 e. The van der Waals surface area contributed by atoms with Crippen LogP contribution in [0.3, 0.4) is 0 Å². The lowest BCUT2D eigenvalue weighted by Crippen LogP contribution is -2.62. The molecule has 3 aliphatic heterocycles. The second-order valence-electron chi connectivity index (χ2n) is 8.40. The van der Waals surface area contributed by atoms with Crippen molar-refractivity contribution in [3.8, 4) is 0 Å². The number of carbonyl (C=O) groups excluding carboxylic acids is 1. The van der Waals surface area contributed by atoms with Crippen LogP contribution in [0.25, 0.3) is 0 Å². The monoisotopic (exact) mass is 322 g/mol. The Morgan fingerprint density at radius 1 is 1.42 bits per heavy atom. The van der Waals surface area contributed by atoms with E-state index in [4.69, 9.17) is 4.74 Å². The van der Waals surface area contributed by atoms with Gasteiger partial charge in [-0.3, -0.25) is 4.79 Å². The van der Waals surface area contributed by atoms with Crippen LogP contribution in [0.5, 0.6) is 0 Å². The second-order valence-corrected chi connectivity index (χ2v) is 8.40. The minimum absolute atomic E-state index is 0.00280. The van der Waals surface area contributed by atoms with E-state index in [1.165, 1.54) is 0 Å². The van der Waals surface area contributed by atoms with Gasteiger partial charge in [-0.25, -0.2) is 0 Å². The summed E-state index contributed by atoms with van der Waals surface area (Å²) in [5.41, 5.74) is 1.61. The standard InChI is InChI=1S/C20H22N2O2/c1-3-19-10-22(2)16-11-9-24-15(8-13(11)19)20(17(16)19)12-6-4-5-7-14(12)21-18(20)23/h3-7,11,13,15-17H,1,8-10H2,2H3,(H,21,23)/t11?,13?,15?,16?,17-,19-,20-/m1/s1. The zero-order valence-corrected chi connectivity index (χ0v) is 13.9. The third kappa shape index (κ3) is 1.12. The largest absolute Gasteiger partial charge is 0.376 e. The summed E-state index contributed by atoms with van der Waals surface area (Å²) < 4.78 is 6.34. The van der Waals surface area contributed by atoms with Crippen molar-refractivity contribution < 1.29 is 9.53 Å². The van der Waals surface area contributed by atoms with Crippen molar-refractivity contribution in [2.45, 2.75) is 24.0 Å². The SMILES string of the molecule is C=C[C@@]12CN(C)C3C4COC(CC41)[C@@]1(C(=O)Nc4ccccc41)[C@H]32. The van der Waals surface area contributed by atoms with Crippen molar-refractivity contribution in [3.05, 3.63) is 42.5 Å². The number of hydrogen-bond acceptors (Lipinski definition) is 3. The normalized spacial score (nSPS) is 50.4. The van der Waals surface area contributed by atoms with Gasteiger partial charge in [0.05, 0.1) is 12.7 Å². The number of nitrogens with one attached hydrogen (secondary N) is 1. The van der Waals surface area contributed by atoms with E-state index in [1.54, 1.807) is 0 Å². The number of fused-ring (bicyclic) bond motifs is 5. The first-order valence-corrected chi connectivity index (χ1v) is 9.01. The number of likely N-dealkylation sites (tertiary alicyclic amines) is 1. The smallest absolute Gasteiger partial charge is 0.238 e. The lowest BCUT2D eigenvalue weighted by molar-refractivity contribution is -0.153. The van der Waals surface area contributed by atoms with Gasteiger partial charge in [0, 0.05) is 35.5 Å². The van der Waals surface area contributed by atoms with E-state index >= 15 is 0 Å². The molecule has 1 spiro atoms. The van der Waals surface area contributed by atoms with Crippen molar-refractivity contribution in [1.82, 2.24) is 4.90 Å². The zero-order chi connectivity index (χ0) is 16.3. The molecule has 4 unspecified atom stereocenters. The molecule has 7 atom stereocenters. The zero-order valence-electron chi connectivity index (χ0n) is 13.9. The van der Waals surface area contributed by atoms with E-state index in [9.17, 15) is 4.79 Å². The van der Waals surface area contributed by atoms with Crippen LogP contribution in [0.2, 0.25) is 0 Å². The molecule has 4 fully saturated rings. The maximum atomic E-state index is 13.4. The molecule has 4 nitrogen and oxygen atoms in total. The van der Waals surface area contributed by atoms with Crippen LogP contribution in [0, 0.1) is 23.2 Å². The summed E-state index contributed by atoms with van der Waals surface area (Å²) in [4.78, 5) is 15.9. The molecule has 6 rings (SSSR count). The lowest BCUT2D eigenvalue weighted by atomic mass is 9.51. The van der Waals surface area contributed by atoms with Crippen molar-refractivity contribution >= 4 is 11.6 Å². The molecule has 2 aliphatic carbocycles. The Balaban J connectivity index is 1.69. The lowest BCUT2D eigenvalue weighted by Gasteiger charge is -2.54. The Kier molecular flexibility index (Phi) is 2.24. The Bertz CT molecular complexity index is 792. The molecule has 1 amide bonds. The third-order valence-corrected chi connectivity index (χ3v) is 7.93. The Hall–Kier alpha value is -1.65. The molecule has 5 aliphatic rings. The number of carbonyl (C=O) groups is 1. The molecule has 1 aromatic carbocycles. The fourth-order valence-electron chi connectivity index (χ4n) is 7.38. The molecule has 24 heavy (non-hydrogen) atoms. The van der Waals surface area contributed by atoms with E-state index < -0.39 is 5.41 Å². The van der Waals surface area contributed by atoms with E-state index in [2.05, 4.69) is 42.1 Å². The van der Waals surface area contributed by atoms with Crippen molar-refractivity contribution in [2.24, 2.45) is 23.2 Å². The minimum Gasteiger partial charge on any atom is -0.376 e. The van der Waals surface area contributed by atoms with Crippen LogP contribution in [0.1, 0.15) is 12.0 Å². The summed E-state index contributed by atoms with van der Waals surface area (Å²) in [5, 5.41) is 3.18. The first-order chi connectivity index (χ1) is 11.6. The number of rotatable bonds is 1. The molecule has 1 N–H and O–H groups in total. The van der Waals surface area contributed by atoms with E-state index in [-0.39, 0.29) is 23.3 Å². The van der Waals surface area contributed by atoms with Crippen molar-refractivity contribution in [2.75, 3.05) is 25.5 Å². The number of piperidine rings is 1. The first kappa shape index (κ1) is 13.6. The molecule has 5 bridgehead atoms. The number of hydrogen-bond donors (Lipinski definition) is 1. The average Bonchev–Trinajstić information content (AvgIpc) is 3.08. The van der Waals surface area contributed by atoms with Gasteiger partial charge in [-0.1, -0.05) is 24.3 Å². The minimum atomic E-state index is -0.554. The molecule has 0 aromatic heterocycles. The quantitative estimate of drug-likeness (QED) is 0.805. The number of amides is 1. The highest BCUT2D eigenvalue weighted by Gasteiger charge is 2.79. The predicted octanol–water partition coefficient (Wildman–Crippen LogP) is 2.03. The van der Waals surface area contributed by atoms with Crippen LogP contribution in [0.4, 0.5) is 5.69 Å². The van der Waals surface area contributed by atoms with Gasteiger partial charge in [0.15, 0.2) is 0 Å². The highest BCUT2D eigenvalue weighted by atomic mass is 16.5. The van der Waals surface area contributed by atoms with Crippen LogP contribution in [0.15, 0.2) is 36.9 Å². The topological polar surface area (TPSA) is 41.6 Å². The third-order valence-electron chi connectivity index (χ3n) is 7.93. The summed E-state index contributed by atoms with van der Waals surface area (Å²) >= 11 is 0. The van der Waals surface area contributed by atoms with Gasteiger partial charge < -0.3 is 15.0 Å². The Morgan fingerprint density at radius 3 is 3.08 bits per heavy atom. The number of nitrogens with zero attached hydrogens (tertiary/aromatic N) is 1. The number of anilines is 1. The highest BCUT2D eigenvalue weighted by molar-refractivity contribution is 6.07. The molecule has 1 aromatic rings. The Morgan fingerprint density at radius 2 is 2.25 bits per heavy atom. The summed E-state index contributed by atoms with van der Waals surface area (Å²) in [6.45, 7) is 6.06. The summed E-state index contributed by atoms with van der Waals surface area (Å²) in [6.07, 6.45) is 3.17. The second kappa shape index (κ2) is 3.94. The highest BCUT2D eigenvalue weighted by Crippen LogP contribution is 2.73. The van der Waals surface area contributed by atoms with Gasteiger partial charge in [-0.2, -0.15) is 0 Å². The average molecular weight is 322 g/mol. The van der Waals surface area contributed by atoms with Crippen LogP contribution in [-0.2, 0) is 14.9 Å².